The average molecular weight is 442 g/mol. The normalized spacial score (nSPS) is 10.1. The molecule has 0 spiro atoms. The van der Waals surface area contributed by atoms with E-state index in [1.165, 1.54) is 19.2 Å². The van der Waals surface area contributed by atoms with E-state index in [2.05, 4.69) is 5.32 Å². The zero-order valence-electron chi connectivity index (χ0n) is 13.0. The van der Waals surface area contributed by atoms with Crippen LogP contribution >= 0.6 is 22.6 Å². The molecule has 1 amide bonds. The van der Waals surface area contributed by atoms with Gasteiger partial charge in [-0.15, -0.1) is 0 Å². The number of rotatable bonds is 6. The van der Waals surface area contributed by atoms with Crippen molar-refractivity contribution in [1.82, 2.24) is 5.32 Å². The molecule has 2 aromatic carbocycles. The zero-order chi connectivity index (χ0) is 17.7. The van der Waals surface area contributed by atoms with Crippen LogP contribution in [-0.2, 0) is 6.54 Å². The molecule has 126 valence electrons. The molecule has 0 aliphatic carbocycles. The highest BCUT2D eigenvalue weighted by Crippen LogP contribution is 2.24. The predicted octanol–water partition coefficient (Wildman–Crippen LogP) is 3.15. The Balaban J connectivity index is 2.19. The number of amides is 1. The lowest BCUT2D eigenvalue weighted by molar-refractivity contribution is -0.384. The number of halogens is 1. The number of methoxy groups -OCH3 is 2. The minimum atomic E-state index is -0.530. The van der Waals surface area contributed by atoms with Crippen LogP contribution in [0.5, 0.6) is 11.5 Å². The number of nitrogens with zero attached hydrogens (tertiary/aromatic N) is 1. The number of benzene rings is 2. The Morgan fingerprint density at radius 2 is 1.96 bits per heavy atom. The fourth-order valence-electron chi connectivity index (χ4n) is 2.09. The van der Waals surface area contributed by atoms with Gasteiger partial charge in [-0.2, -0.15) is 0 Å². The lowest BCUT2D eigenvalue weighted by Gasteiger charge is -2.12. The van der Waals surface area contributed by atoms with Crippen molar-refractivity contribution >= 4 is 34.2 Å². The van der Waals surface area contributed by atoms with Crippen molar-refractivity contribution in [1.29, 1.82) is 0 Å². The third-order valence-electron chi connectivity index (χ3n) is 3.33. The summed E-state index contributed by atoms with van der Waals surface area (Å²) in [5.41, 5.74) is 0.872. The van der Waals surface area contributed by atoms with Crippen LogP contribution in [0, 0.1) is 13.7 Å². The van der Waals surface area contributed by atoms with E-state index in [0.717, 1.165) is 5.56 Å². The summed E-state index contributed by atoms with van der Waals surface area (Å²) in [7, 11) is 3.09. The van der Waals surface area contributed by atoms with E-state index in [9.17, 15) is 14.9 Å². The van der Waals surface area contributed by atoms with Crippen LogP contribution in [0.15, 0.2) is 36.4 Å². The van der Waals surface area contributed by atoms with Gasteiger partial charge in [-0.05, 0) is 46.9 Å². The van der Waals surface area contributed by atoms with Crippen molar-refractivity contribution in [2.75, 3.05) is 14.2 Å². The van der Waals surface area contributed by atoms with Gasteiger partial charge in [0.15, 0.2) is 0 Å². The summed E-state index contributed by atoms with van der Waals surface area (Å²) in [5, 5.41) is 13.6. The largest absolute Gasteiger partial charge is 0.497 e. The Morgan fingerprint density at radius 1 is 1.21 bits per heavy atom. The summed E-state index contributed by atoms with van der Waals surface area (Å²) in [6, 6.07) is 9.44. The molecule has 2 rings (SSSR count). The molecule has 0 unspecified atom stereocenters. The average Bonchev–Trinajstić information content (AvgIpc) is 2.59. The van der Waals surface area contributed by atoms with Crippen LogP contribution in [0.25, 0.3) is 0 Å². The number of carbonyl (C=O) groups is 1. The quantitative estimate of drug-likeness (QED) is 0.422. The minimum Gasteiger partial charge on any atom is -0.497 e. The van der Waals surface area contributed by atoms with Crippen LogP contribution in [0.4, 0.5) is 5.69 Å². The summed E-state index contributed by atoms with van der Waals surface area (Å²) in [4.78, 5) is 22.7. The first-order valence-corrected chi connectivity index (χ1v) is 7.97. The predicted molar refractivity (Wildman–Crippen MR) is 96.5 cm³/mol. The second-order valence-corrected chi connectivity index (χ2v) is 5.94. The number of hydrogen-bond donors (Lipinski definition) is 1. The lowest BCUT2D eigenvalue weighted by atomic mass is 10.1. The number of nitrogens with one attached hydrogen (secondary N) is 1. The highest BCUT2D eigenvalue weighted by Gasteiger charge is 2.16. The molecular weight excluding hydrogens is 427 g/mol. The second-order valence-electron chi connectivity index (χ2n) is 4.78. The first-order valence-electron chi connectivity index (χ1n) is 6.89. The highest BCUT2D eigenvalue weighted by molar-refractivity contribution is 14.1. The number of nitro benzene ring substituents is 1. The molecule has 0 radical (unpaired) electrons. The van der Waals surface area contributed by atoms with Gasteiger partial charge in [-0.1, -0.05) is 0 Å². The fourth-order valence-corrected chi connectivity index (χ4v) is 2.67. The molecular formula is C16H15IN2O5. The molecule has 0 aliphatic rings. The first-order chi connectivity index (χ1) is 11.5. The molecule has 0 aromatic heterocycles. The molecule has 8 heteroatoms. The number of nitro groups is 1. The molecule has 0 saturated carbocycles. The van der Waals surface area contributed by atoms with Gasteiger partial charge in [0.2, 0.25) is 0 Å². The molecule has 0 aliphatic heterocycles. The number of hydrogen-bond acceptors (Lipinski definition) is 5. The van der Waals surface area contributed by atoms with Crippen LogP contribution in [-0.4, -0.2) is 25.1 Å². The van der Waals surface area contributed by atoms with E-state index in [1.807, 2.05) is 22.6 Å². The van der Waals surface area contributed by atoms with Gasteiger partial charge in [0, 0.05) is 27.8 Å². The van der Waals surface area contributed by atoms with Gasteiger partial charge in [0.1, 0.15) is 11.5 Å². The maximum Gasteiger partial charge on any atom is 0.270 e. The van der Waals surface area contributed by atoms with E-state index in [0.29, 0.717) is 15.1 Å². The lowest BCUT2D eigenvalue weighted by Crippen LogP contribution is -2.24. The molecule has 0 bridgehead atoms. The van der Waals surface area contributed by atoms with Crippen LogP contribution < -0.4 is 14.8 Å². The van der Waals surface area contributed by atoms with E-state index >= 15 is 0 Å². The van der Waals surface area contributed by atoms with Crippen LogP contribution in [0.1, 0.15) is 15.9 Å². The number of non-ortho nitro benzene ring substituents is 1. The van der Waals surface area contributed by atoms with E-state index in [1.54, 1.807) is 31.4 Å². The number of ether oxygens (including phenoxy) is 2. The summed E-state index contributed by atoms with van der Waals surface area (Å²) >= 11 is 1.97. The van der Waals surface area contributed by atoms with Crippen molar-refractivity contribution in [3.63, 3.8) is 0 Å². The topological polar surface area (TPSA) is 90.7 Å². The van der Waals surface area contributed by atoms with E-state index in [4.69, 9.17) is 9.47 Å². The summed E-state index contributed by atoms with van der Waals surface area (Å²) in [6.07, 6.45) is 0. The molecule has 0 saturated heterocycles. The monoisotopic (exact) mass is 442 g/mol. The van der Waals surface area contributed by atoms with Gasteiger partial charge in [0.25, 0.3) is 11.6 Å². The van der Waals surface area contributed by atoms with Gasteiger partial charge >= 0.3 is 0 Å². The second kappa shape index (κ2) is 7.95. The third kappa shape index (κ3) is 4.13. The summed E-state index contributed by atoms with van der Waals surface area (Å²) < 4.78 is 11.1. The van der Waals surface area contributed by atoms with Crippen molar-refractivity contribution < 1.29 is 19.2 Å². The maximum absolute atomic E-state index is 12.4. The third-order valence-corrected chi connectivity index (χ3v) is 4.27. The molecule has 0 atom stereocenters. The molecule has 2 aromatic rings. The standard InChI is InChI=1S/C16H15IN2O5/c1-23-12-4-6-15(24-2)10(7-12)9-18-16(20)13-8-11(19(21)22)3-5-14(13)17/h3-8H,9H2,1-2H3,(H,18,20). The summed E-state index contributed by atoms with van der Waals surface area (Å²) in [5.74, 6) is 0.864. The molecule has 24 heavy (non-hydrogen) atoms. The summed E-state index contributed by atoms with van der Waals surface area (Å²) in [6.45, 7) is 0.206. The van der Waals surface area contributed by atoms with E-state index in [-0.39, 0.29) is 17.8 Å². The SMILES string of the molecule is COc1ccc(OC)c(CNC(=O)c2cc([N+](=O)[O-])ccc2I)c1. The molecule has 0 fully saturated rings. The van der Waals surface area contributed by atoms with Gasteiger partial charge < -0.3 is 14.8 Å². The Labute approximate surface area is 152 Å². The van der Waals surface area contributed by atoms with Crippen molar-refractivity contribution in [2.45, 2.75) is 6.54 Å². The Kier molecular flexibility index (Phi) is 5.96. The van der Waals surface area contributed by atoms with Gasteiger partial charge in [-0.25, -0.2) is 0 Å². The number of carbonyl (C=O) groups excluding carboxylic acids is 1. The van der Waals surface area contributed by atoms with Crippen LogP contribution in [0.2, 0.25) is 0 Å². The minimum absolute atomic E-state index is 0.125. The van der Waals surface area contributed by atoms with Gasteiger partial charge in [-0.3, -0.25) is 14.9 Å². The van der Waals surface area contributed by atoms with Crippen molar-refractivity contribution in [3.8, 4) is 11.5 Å². The smallest absolute Gasteiger partial charge is 0.270 e. The van der Waals surface area contributed by atoms with Gasteiger partial charge in [0.05, 0.1) is 24.7 Å². The van der Waals surface area contributed by atoms with Crippen molar-refractivity contribution in [3.05, 3.63) is 61.2 Å². The molecule has 0 heterocycles. The first kappa shape index (κ1) is 18.0. The highest BCUT2D eigenvalue weighted by atomic mass is 127. The Morgan fingerprint density at radius 3 is 2.58 bits per heavy atom. The Bertz CT molecular complexity index is 779. The van der Waals surface area contributed by atoms with E-state index < -0.39 is 10.8 Å². The maximum atomic E-state index is 12.4. The zero-order valence-corrected chi connectivity index (χ0v) is 15.2. The van der Waals surface area contributed by atoms with Crippen LogP contribution in [0.3, 0.4) is 0 Å². The Hall–Kier alpha value is -2.36. The van der Waals surface area contributed by atoms with Crippen molar-refractivity contribution in [2.24, 2.45) is 0 Å². The fraction of sp³-hybridized carbons (Fsp3) is 0.188. The molecule has 1 N–H and O–H groups in total. The molecule has 7 nitrogen and oxygen atoms in total.